The molecular weight excluding hydrogens is 184 g/mol. The van der Waals surface area contributed by atoms with Crippen molar-refractivity contribution in [1.82, 2.24) is 10.2 Å². The third-order valence-corrected chi connectivity index (χ3v) is 1.61. The summed E-state index contributed by atoms with van der Waals surface area (Å²) in [7, 11) is 1.30. The number of methoxy groups -OCH3 is 1. The number of H-pyrrole nitrogens is 1. The molecule has 1 heterocycles. The van der Waals surface area contributed by atoms with Gasteiger partial charge in [0.05, 0.1) is 7.11 Å². The van der Waals surface area contributed by atoms with Crippen LogP contribution in [0.1, 0.15) is 24.2 Å². The van der Waals surface area contributed by atoms with Crippen molar-refractivity contribution in [2.24, 2.45) is 0 Å². The fraction of sp³-hybridized carbons (Fsp3) is 0.500. The van der Waals surface area contributed by atoms with Crippen LogP contribution in [0.2, 0.25) is 0 Å². The molecule has 0 bridgehead atoms. The molecule has 0 amide bonds. The van der Waals surface area contributed by atoms with E-state index in [9.17, 15) is 4.79 Å². The number of nitrogen functional groups attached to an aromatic ring is 1. The van der Waals surface area contributed by atoms with E-state index in [0.29, 0.717) is 5.82 Å². The maximum Gasteiger partial charge on any atom is 0.345 e. The number of anilines is 2. The molecular formula is C8H14N4O2. The number of nitrogens with zero attached hydrogens (tertiary/aromatic N) is 1. The lowest BCUT2D eigenvalue weighted by molar-refractivity contribution is 0.0603. The minimum absolute atomic E-state index is 0.168. The quantitative estimate of drug-likeness (QED) is 0.618. The minimum Gasteiger partial charge on any atom is -0.465 e. The van der Waals surface area contributed by atoms with Crippen molar-refractivity contribution in [3.63, 3.8) is 0 Å². The number of rotatable bonds is 3. The smallest absolute Gasteiger partial charge is 0.345 e. The monoisotopic (exact) mass is 198 g/mol. The van der Waals surface area contributed by atoms with Gasteiger partial charge in [-0.1, -0.05) is 0 Å². The van der Waals surface area contributed by atoms with E-state index in [4.69, 9.17) is 5.73 Å². The number of hydrogen-bond acceptors (Lipinski definition) is 5. The second kappa shape index (κ2) is 3.99. The van der Waals surface area contributed by atoms with Crippen molar-refractivity contribution in [2.45, 2.75) is 19.9 Å². The van der Waals surface area contributed by atoms with E-state index >= 15 is 0 Å². The molecule has 6 heteroatoms. The van der Waals surface area contributed by atoms with Gasteiger partial charge in [-0.2, -0.15) is 5.10 Å². The number of hydrogen-bond donors (Lipinski definition) is 3. The first-order chi connectivity index (χ1) is 6.56. The average molecular weight is 198 g/mol. The number of ether oxygens (including phenoxy) is 1. The molecule has 1 aromatic heterocycles. The summed E-state index contributed by atoms with van der Waals surface area (Å²) in [5, 5.41) is 9.37. The lowest BCUT2D eigenvalue weighted by atomic mass is 10.3. The van der Waals surface area contributed by atoms with Crippen LogP contribution in [0, 0.1) is 0 Å². The molecule has 78 valence electrons. The standard InChI is InChI=1S/C8H14N4O2/c1-4(2)10-7-5(8(13)14-3)6(9)11-12-7/h4H,1-3H3,(H4,9,10,11,12). The maximum atomic E-state index is 11.3. The van der Waals surface area contributed by atoms with E-state index in [-0.39, 0.29) is 17.4 Å². The number of esters is 1. The highest BCUT2D eigenvalue weighted by Crippen LogP contribution is 2.19. The van der Waals surface area contributed by atoms with E-state index in [0.717, 1.165) is 0 Å². The Balaban J connectivity index is 3.00. The van der Waals surface area contributed by atoms with Gasteiger partial charge in [0.25, 0.3) is 0 Å². The van der Waals surface area contributed by atoms with Crippen LogP contribution >= 0.6 is 0 Å². The molecule has 1 aromatic rings. The third kappa shape index (κ3) is 1.95. The first-order valence-corrected chi connectivity index (χ1v) is 4.25. The Morgan fingerprint density at radius 3 is 2.79 bits per heavy atom. The van der Waals surface area contributed by atoms with E-state index in [1.807, 2.05) is 13.8 Å². The largest absolute Gasteiger partial charge is 0.465 e. The van der Waals surface area contributed by atoms with Crippen LogP contribution in [-0.4, -0.2) is 29.3 Å². The van der Waals surface area contributed by atoms with Crippen LogP contribution in [0.3, 0.4) is 0 Å². The van der Waals surface area contributed by atoms with Gasteiger partial charge in [0.2, 0.25) is 0 Å². The molecule has 4 N–H and O–H groups in total. The molecule has 0 radical (unpaired) electrons. The molecule has 0 aliphatic rings. The third-order valence-electron chi connectivity index (χ3n) is 1.61. The molecule has 0 saturated carbocycles. The van der Waals surface area contributed by atoms with Crippen molar-refractivity contribution >= 4 is 17.6 Å². The zero-order valence-electron chi connectivity index (χ0n) is 8.42. The van der Waals surface area contributed by atoms with Crippen molar-refractivity contribution < 1.29 is 9.53 Å². The summed E-state index contributed by atoms with van der Waals surface area (Å²) in [5.74, 6) is 0.128. The van der Waals surface area contributed by atoms with Gasteiger partial charge < -0.3 is 15.8 Å². The number of aromatic nitrogens is 2. The van der Waals surface area contributed by atoms with Crippen molar-refractivity contribution in [3.05, 3.63) is 5.56 Å². The first kappa shape index (κ1) is 10.4. The predicted octanol–water partition coefficient (Wildman–Crippen LogP) is 0.599. The lowest BCUT2D eigenvalue weighted by Crippen LogP contribution is -2.14. The molecule has 0 aliphatic carbocycles. The Morgan fingerprint density at radius 2 is 2.29 bits per heavy atom. The Morgan fingerprint density at radius 1 is 1.64 bits per heavy atom. The summed E-state index contributed by atoms with van der Waals surface area (Å²) in [6.07, 6.45) is 0. The topological polar surface area (TPSA) is 93.0 Å². The van der Waals surface area contributed by atoms with E-state index in [2.05, 4.69) is 20.3 Å². The summed E-state index contributed by atoms with van der Waals surface area (Å²) < 4.78 is 4.58. The van der Waals surface area contributed by atoms with Gasteiger partial charge in [0.1, 0.15) is 11.4 Å². The normalized spacial score (nSPS) is 10.3. The number of aromatic amines is 1. The Kier molecular flexibility index (Phi) is 2.95. The molecule has 0 atom stereocenters. The van der Waals surface area contributed by atoms with Gasteiger partial charge >= 0.3 is 5.97 Å². The fourth-order valence-electron chi connectivity index (χ4n) is 1.04. The molecule has 1 rings (SSSR count). The summed E-state index contributed by atoms with van der Waals surface area (Å²) in [5.41, 5.74) is 5.79. The van der Waals surface area contributed by atoms with Gasteiger partial charge in [-0.15, -0.1) is 0 Å². The molecule has 0 unspecified atom stereocenters. The van der Waals surface area contributed by atoms with Crippen LogP contribution in [0.15, 0.2) is 0 Å². The van der Waals surface area contributed by atoms with E-state index in [1.165, 1.54) is 7.11 Å². The van der Waals surface area contributed by atoms with Gasteiger partial charge in [0.15, 0.2) is 5.82 Å². The van der Waals surface area contributed by atoms with Crippen LogP contribution in [0.25, 0.3) is 0 Å². The Bertz CT molecular complexity index is 332. The first-order valence-electron chi connectivity index (χ1n) is 4.25. The summed E-state index contributed by atoms with van der Waals surface area (Å²) in [4.78, 5) is 11.3. The van der Waals surface area contributed by atoms with Crippen LogP contribution in [0.5, 0.6) is 0 Å². The molecule has 0 aromatic carbocycles. The molecule has 6 nitrogen and oxygen atoms in total. The second-order valence-electron chi connectivity index (χ2n) is 3.15. The van der Waals surface area contributed by atoms with Crippen molar-refractivity contribution in [2.75, 3.05) is 18.2 Å². The summed E-state index contributed by atoms with van der Waals surface area (Å²) in [6, 6.07) is 0.168. The molecule has 14 heavy (non-hydrogen) atoms. The second-order valence-corrected chi connectivity index (χ2v) is 3.15. The number of carbonyl (C=O) groups is 1. The maximum absolute atomic E-state index is 11.3. The number of nitrogens with two attached hydrogens (primary N) is 1. The van der Waals surface area contributed by atoms with Crippen LogP contribution in [0.4, 0.5) is 11.6 Å². The van der Waals surface area contributed by atoms with E-state index in [1.54, 1.807) is 0 Å². The van der Waals surface area contributed by atoms with Crippen molar-refractivity contribution in [1.29, 1.82) is 0 Å². The lowest BCUT2D eigenvalue weighted by Gasteiger charge is -2.07. The van der Waals surface area contributed by atoms with Gasteiger partial charge in [-0.25, -0.2) is 4.79 Å². The highest BCUT2D eigenvalue weighted by atomic mass is 16.5. The SMILES string of the molecule is COC(=O)c1c(NC(C)C)n[nH]c1N. The highest BCUT2D eigenvalue weighted by molar-refractivity contribution is 5.99. The fourth-order valence-corrected chi connectivity index (χ4v) is 1.04. The van der Waals surface area contributed by atoms with Gasteiger partial charge in [-0.05, 0) is 13.8 Å². The zero-order valence-corrected chi connectivity index (χ0v) is 8.42. The molecule has 0 saturated heterocycles. The Hall–Kier alpha value is -1.72. The highest BCUT2D eigenvalue weighted by Gasteiger charge is 2.19. The predicted molar refractivity (Wildman–Crippen MR) is 53.1 cm³/mol. The van der Waals surface area contributed by atoms with Gasteiger partial charge in [0, 0.05) is 6.04 Å². The average Bonchev–Trinajstić information content (AvgIpc) is 2.45. The van der Waals surface area contributed by atoms with E-state index < -0.39 is 5.97 Å². The summed E-state index contributed by atoms with van der Waals surface area (Å²) in [6.45, 7) is 3.87. The Labute approximate surface area is 81.8 Å². The number of carbonyl (C=O) groups excluding carboxylic acids is 1. The minimum atomic E-state index is -0.501. The number of nitrogens with one attached hydrogen (secondary N) is 2. The molecule has 0 fully saturated rings. The van der Waals surface area contributed by atoms with Gasteiger partial charge in [-0.3, -0.25) is 5.10 Å². The molecule has 0 spiro atoms. The van der Waals surface area contributed by atoms with Crippen molar-refractivity contribution in [3.8, 4) is 0 Å². The summed E-state index contributed by atoms with van der Waals surface area (Å²) >= 11 is 0. The van der Waals surface area contributed by atoms with Crippen LogP contribution < -0.4 is 11.1 Å². The molecule has 0 aliphatic heterocycles. The van der Waals surface area contributed by atoms with Crippen LogP contribution in [-0.2, 0) is 4.74 Å². The zero-order chi connectivity index (χ0) is 10.7.